The second-order valence-electron chi connectivity index (χ2n) is 8.62. The number of carbonyl (C=O) groups is 1. The third-order valence-corrected chi connectivity index (χ3v) is 6.23. The van der Waals surface area contributed by atoms with Crippen molar-refractivity contribution in [2.24, 2.45) is 0 Å². The number of nitrogens with zero attached hydrogens (tertiary/aromatic N) is 5. The van der Waals surface area contributed by atoms with E-state index in [4.69, 9.17) is 4.74 Å². The second kappa shape index (κ2) is 9.50. The van der Waals surface area contributed by atoms with Crippen LogP contribution in [0.15, 0.2) is 67.0 Å². The molecule has 0 spiro atoms. The molecule has 0 amide bonds. The van der Waals surface area contributed by atoms with Crippen LogP contribution in [0.2, 0.25) is 0 Å². The number of nitrogens with one attached hydrogen (secondary N) is 1. The Hall–Kier alpha value is -4.33. The number of fused-ring (bicyclic) bond motifs is 1. The van der Waals surface area contributed by atoms with E-state index in [1.54, 1.807) is 4.52 Å². The molecule has 5 rings (SSSR count). The van der Waals surface area contributed by atoms with Crippen LogP contribution >= 0.6 is 0 Å². The van der Waals surface area contributed by atoms with Gasteiger partial charge in [-0.15, -0.1) is 10.2 Å². The minimum atomic E-state index is -0.308. The van der Waals surface area contributed by atoms with Gasteiger partial charge in [-0.2, -0.15) is 10.3 Å². The molecule has 0 saturated heterocycles. The number of hydrogen-bond acceptors (Lipinski definition) is 6. The van der Waals surface area contributed by atoms with E-state index in [0.717, 1.165) is 45.3 Å². The summed E-state index contributed by atoms with van der Waals surface area (Å²) in [6.45, 7) is 5.84. The molecule has 1 N–H and O–H groups in total. The first kappa shape index (κ1) is 22.5. The molecular weight excluding hydrogens is 440 g/mol. The maximum absolute atomic E-state index is 13.0. The lowest BCUT2D eigenvalue weighted by atomic mass is 9.96. The van der Waals surface area contributed by atoms with E-state index < -0.39 is 0 Å². The van der Waals surface area contributed by atoms with E-state index in [9.17, 15) is 4.79 Å². The van der Waals surface area contributed by atoms with E-state index in [-0.39, 0.29) is 12.1 Å². The summed E-state index contributed by atoms with van der Waals surface area (Å²) in [5, 5.41) is 18.9. The maximum atomic E-state index is 13.0. The number of esters is 1. The molecule has 8 nitrogen and oxygen atoms in total. The lowest BCUT2D eigenvalue weighted by Crippen LogP contribution is -2.16. The Labute approximate surface area is 203 Å². The molecule has 5 aromatic rings. The average Bonchev–Trinajstić information content (AvgIpc) is 3.55. The first-order valence-electron chi connectivity index (χ1n) is 11.6. The largest absolute Gasteiger partial charge is 0.459 e. The van der Waals surface area contributed by atoms with Crippen LogP contribution in [0.4, 0.5) is 0 Å². The average molecular weight is 467 g/mol. The molecule has 0 aliphatic rings. The predicted octanol–water partition coefficient (Wildman–Crippen LogP) is 5.04. The summed E-state index contributed by atoms with van der Waals surface area (Å²) in [7, 11) is 0. The Bertz CT molecular complexity index is 1470. The number of carbonyl (C=O) groups excluding carboxylic acids is 1. The maximum Gasteiger partial charge on any atom is 0.340 e. The Morgan fingerprint density at radius 1 is 1.09 bits per heavy atom. The van der Waals surface area contributed by atoms with Gasteiger partial charge >= 0.3 is 5.97 Å². The molecule has 0 fully saturated rings. The highest BCUT2D eigenvalue weighted by Gasteiger charge is 2.21. The third kappa shape index (κ3) is 4.42. The molecule has 0 aliphatic carbocycles. The highest BCUT2D eigenvalue weighted by atomic mass is 16.5. The molecule has 1 unspecified atom stereocenters. The SMILES string of the molecule is CCC(C)OC(=O)c1c(C)ccn2ncc(Cc3ccc(-c4ccccc4-c4nn[nH]n4)cc3)c12. The molecule has 8 heteroatoms. The molecule has 0 saturated carbocycles. The second-order valence-corrected chi connectivity index (χ2v) is 8.62. The van der Waals surface area contributed by atoms with Gasteiger partial charge in [0.1, 0.15) is 0 Å². The third-order valence-electron chi connectivity index (χ3n) is 6.23. The Morgan fingerprint density at radius 3 is 2.57 bits per heavy atom. The van der Waals surface area contributed by atoms with Crippen molar-refractivity contribution in [2.75, 3.05) is 0 Å². The first-order chi connectivity index (χ1) is 17.0. The van der Waals surface area contributed by atoms with E-state index in [1.165, 1.54) is 0 Å². The first-order valence-corrected chi connectivity index (χ1v) is 11.6. The van der Waals surface area contributed by atoms with Gasteiger partial charge in [-0.05, 0) is 53.8 Å². The smallest absolute Gasteiger partial charge is 0.340 e. The van der Waals surface area contributed by atoms with E-state index in [0.29, 0.717) is 17.8 Å². The van der Waals surface area contributed by atoms with E-state index >= 15 is 0 Å². The number of rotatable bonds is 7. The standard InChI is InChI=1S/C27H26N6O2/c1-4-18(3)35-27(34)24-17(2)13-14-33-25(24)21(16-28-33)15-19-9-11-20(12-10-19)22-7-5-6-8-23(22)26-29-31-32-30-26/h5-14,16,18H,4,15H2,1-3H3,(H,29,30,31,32). The van der Waals surface area contributed by atoms with Crippen molar-refractivity contribution < 1.29 is 9.53 Å². The summed E-state index contributed by atoms with van der Waals surface area (Å²) in [6, 6.07) is 18.2. The number of H-pyrrole nitrogens is 1. The van der Waals surface area contributed by atoms with Gasteiger partial charge in [0.15, 0.2) is 0 Å². The summed E-state index contributed by atoms with van der Waals surface area (Å²) in [5.74, 6) is 0.251. The summed E-state index contributed by atoms with van der Waals surface area (Å²) in [4.78, 5) is 13.0. The van der Waals surface area contributed by atoms with Crippen molar-refractivity contribution in [2.45, 2.75) is 39.7 Å². The molecule has 0 bridgehead atoms. The number of ether oxygens (including phenoxy) is 1. The van der Waals surface area contributed by atoms with E-state index in [2.05, 4.69) is 50.0 Å². The molecule has 0 radical (unpaired) electrons. The van der Waals surface area contributed by atoms with Crippen molar-refractivity contribution in [3.63, 3.8) is 0 Å². The van der Waals surface area contributed by atoms with Gasteiger partial charge in [0.2, 0.25) is 5.82 Å². The quantitative estimate of drug-likeness (QED) is 0.338. The van der Waals surface area contributed by atoms with Crippen LogP contribution in [0.5, 0.6) is 0 Å². The van der Waals surface area contributed by atoms with Crippen LogP contribution in [0.3, 0.4) is 0 Å². The van der Waals surface area contributed by atoms with E-state index in [1.807, 2.05) is 63.5 Å². The molecule has 3 aromatic heterocycles. The van der Waals surface area contributed by atoms with Crippen molar-refractivity contribution in [1.82, 2.24) is 30.2 Å². The number of benzene rings is 2. The summed E-state index contributed by atoms with van der Waals surface area (Å²) >= 11 is 0. The summed E-state index contributed by atoms with van der Waals surface area (Å²) < 4.78 is 7.41. The Kier molecular flexibility index (Phi) is 6.10. The Morgan fingerprint density at radius 2 is 1.86 bits per heavy atom. The minimum Gasteiger partial charge on any atom is -0.459 e. The van der Waals surface area contributed by atoms with Crippen molar-refractivity contribution >= 4 is 11.5 Å². The highest BCUT2D eigenvalue weighted by Crippen LogP contribution is 2.30. The van der Waals surface area contributed by atoms with Gasteiger partial charge in [-0.3, -0.25) is 0 Å². The zero-order chi connectivity index (χ0) is 24.4. The zero-order valence-corrected chi connectivity index (χ0v) is 19.9. The van der Waals surface area contributed by atoms with Crippen LogP contribution in [0, 0.1) is 6.92 Å². The number of tetrazole rings is 1. The molecule has 35 heavy (non-hydrogen) atoms. The fourth-order valence-corrected chi connectivity index (χ4v) is 4.18. The fourth-order valence-electron chi connectivity index (χ4n) is 4.18. The summed E-state index contributed by atoms with van der Waals surface area (Å²) in [6.07, 6.45) is 4.97. The van der Waals surface area contributed by atoms with Gasteiger partial charge < -0.3 is 4.74 Å². The van der Waals surface area contributed by atoms with Crippen LogP contribution in [0.25, 0.3) is 28.0 Å². The van der Waals surface area contributed by atoms with Crippen molar-refractivity contribution in [3.05, 3.63) is 89.2 Å². The zero-order valence-electron chi connectivity index (χ0n) is 19.9. The molecule has 176 valence electrons. The highest BCUT2D eigenvalue weighted by molar-refractivity contribution is 5.99. The van der Waals surface area contributed by atoms with Gasteiger partial charge in [0, 0.05) is 23.7 Å². The molecular formula is C27H26N6O2. The Balaban J connectivity index is 1.46. The van der Waals surface area contributed by atoms with Crippen LogP contribution < -0.4 is 0 Å². The van der Waals surface area contributed by atoms with Crippen molar-refractivity contribution in [1.29, 1.82) is 0 Å². The lowest BCUT2D eigenvalue weighted by Gasteiger charge is -2.14. The molecule has 0 aliphatic heterocycles. The predicted molar refractivity (Wildman–Crippen MR) is 133 cm³/mol. The van der Waals surface area contributed by atoms with Gasteiger partial charge in [-0.25, -0.2) is 9.31 Å². The van der Waals surface area contributed by atoms with Gasteiger partial charge in [-0.1, -0.05) is 55.5 Å². The number of aryl methyl sites for hydroxylation is 1. The van der Waals surface area contributed by atoms with Crippen LogP contribution in [0.1, 0.15) is 47.3 Å². The molecule has 1 atom stereocenters. The molecule has 3 heterocycles. The number of aromatic amines is 1. The number of hydrogen-bond donors (Lipinski definition) is 1. The van der Waals surface area contributed by atoms with Gasteiger partial charge in [0.25, 0.3) is 0 Å². The number of pyridine rings is 1. The van der Waals surface area contributed by atoms with Crippen LogP contribution in [-0.4, -0.2) is 42.3 Å². The minimum absolute atomic E-state index is 0.142. The topological polar surface area (TPSA) is 98.1 Å². The summed E-state index contributed by atoms with van der Waals surface area (Å²) in [5.41, 5.74) is 7.34. The van der Waals surface area contributed by atoms with Crippen LogP contribution in [-0.2, 0) is 11.2 Å². The molecule has 2 aromatic carbocycles. The fraction of sp³-hybridized carbons (Fsp3) is 0.222. The number of aromatic nitrogens is 6. The van der Waals surface area contributed by atoms with Crippen molar-refractivity contribution in [3.8, 4) is 22.5 Å². The lowest BCUT2D eigenvalue weighted by molar-refractivity contribution is 0.0335. The monoisotopic (exact) mass is 466 g/mol. The normalized spacial score (nSPS) is 12.1. The van der Waals surface area contributed by atoms with Gasteiger partial charge in [0.05, 0.1) is 23.4 Å².